The summed E-state index contributed by atoms with van der Waals surface area (Å²) < 4.78 is 69.5. The third-order valence-electron chi connectivity index (χ3n) is 8.68. The fourth-order valence-corrected chi connectivity index (χ4v) is 6.16. The molecule has 3 fully saturated rings. The molecule has 2 aliphatic heterocycles. The molecule has 3 amide bonds. The van der Waals surface area contributed by atoms with Gasteiger partial charge < -0.3 is 77.8 Å². The molecule has 0 bridgehead atoms. The first-order chi connectivity index (χ1) is 26.8. The van der Waals surface area contributed by atoms with Crippen LogP contribution in [0.25, 0.3) is 0 Å². The number of imide groups is 1. The maximum Gasteiger partial charge on any atom is 0.469 e. The van der Waals surface area contributed by atoms with Crippen LogP contribution in [0, 0.1) is 11.8 Å². The minimum atomic E-state index is -4.85. The molecule has 2 heterocycles. The van der Waals surface area contributed by atoms with Crippen LogP contribution in [-0.4, -0.2) is 212 Å². The lowest BCUT2D eigenvalue weighted by Crippen LogP contribution is -2.64. The Morgan fingerprint density at radius 2 is 1.21 bits per heavy atom. The highest BCUT2D eigenvalue weighted by atomic mass is 31.2. The Balaban J connectivity index is 0.966. The van der Waals surface area contributed by atoms with E-state index in [0.29, 0.717) is 99.0 Å². The second-order valence-corrected chi connectivity index (χ2v) is 13.9. The van der Waals surface area contributed by atoms with E-state index in [1.807, 2.05) is 0 Å². The van der Waals surface area contributed by atoms with Crippen LogP contribution >= 0.6 is 7.82 Å². The lowest BCUT2D eigenvalue weighted by atomic mass is 9.86. The van der Waals surface area contributed by atoms with E-state index >= 15 is 0 Å². The van der Waals surface area contributed by atoms with Crippen LogP contribution in [0.1, 0.15) is 12.8 Å². The molecule has 2 radical (unpaired) electrons. The number of hydrogen-bond donors (Lipinski definition) is 6. The van der Waals surface area contributed by atoms with E-state index < -0.39 is 62.3 Å². The van der Waals surface area contributed by atoms with Gasteiger partial charge in [-0.15, -0.1) is 0 Å². The summed E-state index contributed by atoms with van der Waals surface area (Å²) in [5.41, 5.74) is 0. The van der Waals surface area contributed by atoms with Gasteiger partial charge in [-0.1, -0.05) is 0 Å². The third kappa shape index (κ3) is 17.2. The number of phosphoric ester groups is 1. The topological polar surface area (TPSA) is 286 Å². The number of carbonyl (C=O) groups excluding carboxylic acids is 3. The Morgan fingerprint density at radius 3 is 1.64 bits per heavy atom. The predicted molar refractivity (Wildman–Crippen MR) is 188 cm³/mol. The highest BCUT2D eigenvalue weighted by molar-refractivity contribution is 7.46. The molecular weight excluding hydrogens is 774 g/mol. The molecule has 7 unspecified atom stereocenters. The highest BCUT2D eigenvalue weighted by Crippen LogP contribution is 2.54. The van der Waals surface area contributed by atoms with Gasteiger partial charge in [0.15, 0.2) is 12.1 Å². The number of likely N-dealkylation sites (tertiary alicyclic amines) is 1. The van der Waals surface area contributed by atoms with Gasteiger partial charge in [-0.3, -0.25) is 23.8 Å². The summed E-state index contributed by atoms with van der Waals surface area (Å²) in [6, 6.07) is 0. The van der Waals surface area contributed by atoms with Gasteiger partial charge in [0, 0.05) is 31.7 Å². The van der Waals surface area contributed by atoms with E-state index in [4.69, 9.17) is 65.0 Å². The van der Waals surface area contributed by atoms with Gasteiger partial charge in [-0.2, -0.15) is 0 Å². The van der Waals surface area contributed by atoms with Crippen molar-refractivity contribution >= 4 is 33.4 Å². The van der Waals surface area contributed by atoms with Crippen molar-refractivity contribution in [1.29, 1.82) is 0 Å². The van der Waals surface area contributed by atoms with Crippen LogP contribution in [0.5, 0.6) is 0 Å². The number of fused-ring (bicyclic) bond motifs is 1. The maximum absolute atomic E-state index is 11.9. The molecule has 0 aromatic heterocycles. The number of aliphatic hydroxyl groups is 3. The first-order valence-electron chi connectivity index (χ1n) is 18.4. The summed E-state index contributed by atoms with van der Waals surface area (Å²) in [5, 5.41) is 33.7. The van der Waals surface area contributed by atoms with Gasteiger partial charge in [0.2, 0.25) is 17.7 Å². The van der Waals surface area contributed by atoms with Gasteiger partial charge in [0.1, 0.15) is 0 Å². The summed E-state index contributed by atoms with van der Waals surface area (Å²) in [7, 11) is 0.695. The third-order valence-corrected chi connectivity index (χ3v) is 9.17. The van der Waals surface area contributed by atoms with Crippen molar-refractivity contribution in [3.63, 3.8) is 0 Å². The summed E-state index contributed by atoms with van der Waals surface area (Å²) in [6.07, 6.45) is -4.02. The summed E-state index contributed by atoms with van der Waals surface area (Å²) in [5.74, 6) is -6.25. The van der Waals surface area contributed by atoms with Gasteiger partial charge in [0.25, 0.3) is 0 Å². The van der Waals surface area contributed by atoms with Crippen LogP contribution in [0.15, 0.2) is 0 Å². The molecule has 22 nitrogen and oxygen atoms in total. The van der Waals surface area contributed by atoms with Crippen LogP contribution in [0.3, 0.4) is 0 Å². The molecule has 2 saturated heterocycles. The second-order valence-electron chi connectivity index (χ2n) is 12.7. The molecule has 6 N–H and O–H groups in total. The number of phosphoric acid groups is 1. The van der Waals surface area contributed by atoms with E-state index in [-0.39, 0.29) is 51.0 Å². The zero-order valence-corrected chi connectivity index (χ0v) is 32.2. The zero-order valence-electron chi connectivity index (χ0n) is 31.4. The van der Waals surface area contributed by atoms with E-state index in [0.717, 1.165) is 4.90 Å². The smallest absolute Gasteiger partial charge is 0.390 e. The minimum Gasteiger partial charge on any atom is -0.390 e. The van der Waals surface area contributed by atoms with Crippen LogP contribution in [0.4, 0.5) is 0 Å². The van der Waals surface area contributed by atoms with Crippen molar-refractivity contribution in [1.82, 2.24) is 10.2 Å². The molecule has 1 aliphatic carbocycles. The van der Waals surface area contributed by atoms with Crippen molar-refractivity contribution in [2.45, 2.75) is 42.9 Å². The lowest BCUT2D eigenvalue weighted by molar-refractivity contribution is -0.438. The average Bonchev–Trinajstić information content (AvgIpc) is 3.46. The number of hydrogen-bond acceptors (Lipinski definition) is 18. The summed E-state index contributed by atoms with van der Waals surface area (Å²) in [4.78, 5) is 54.0. The molecule has 3 aliphatic rings. The zero-order chi connectivity index (χ0) is 40.8. The Morgan fingerprint density at radius 1 is 0.768 bits per heavy atom. The van der Waals surface area contributed by atoms with Gasteiger partial charge in [-0.05, 0) is 0 Å². The number of rotatable bonds is 34. The quantitative estimate of drug-likeness (QED) is 0.0159. The van der Waals surface area contributed by atoms with Crippen LogP contribution < -0.4 is 5.32 Å². The molecular formula is C32H56BN2O20P. The van der Waals surface area contributed by atoms with Gasteiger partial charge >= 0.3 is 7.82 Å². The number of carbonyl (C=O) groups is 3. The van der Waals surface area contributed by atoms with E-state index in [1.165, 1.54) is 0 Å². The predicted octanol–water partition coefficient (Wildman–Crippen LogP) is -3.52. The Labute approximate surface area is 326 Å². The first-order valence-corrected chi connectivity index (χ1v) is 19.9. The lowest BCUT2D eigenvalue weighted by Gasteiger charge is -2.49. The van der Waals surface area contributed by atoms with Crippen LogP contribution in [0.2, 0.25) is 5.82 Å². The molecule has 3 rings (SSSR count). The summed E-state index contributed by atoms with van der Waals surface area (Å²) >= 11 is 0. The van der Waals surface area contributed by atoms with Crippen molar-refractivity contribution in [2.24, 2.45) is 11.8 Å². The normalized spacial score (nSPS) is 26.2. The van der Waals surface area contributed by atoms with Gasteiger partial charge in [0.05, 0.1) is 151 Å². The molecule has 322 valence electrons. The number of ether oxygens (including phenoxy) is 10. The van der Waals surface area contributed by atoms with E-state index in [1.54, 1.807) is 0 Å². The monoisotopic (exact) mass is 830 g/mol. The number of nitrogens with zero attached hydrogens (tertiary/aromatic N) is 1. The first kappa shape index (κ1) is 48.6. The standard InChI is InChI=1S/C32H56BN2O20P/c33-24-21-26(37)35(30(24)40)3-1-25(36)34-2-4-45-5-6-46-7-8-47-9-10-48-11-12-49-13-14-50-15-16-51-17-18-52-19-20-53-31-27-29(39)28(38)23(32(27,41)55-31)22-54-56(42,43)44/h23-24,27-29,31,38-39,41H,1-22H2,(H,34,36)(H2,42,43,44). The second kappa shape index (κ2) is 26.4. The van der Waals surface area contributed by atoms with Crippen molar-refractivity contribution in [3.8, 4) is 0 Å². The van der Waals surface area contributed by atoms with Crippen molar-refractivity contribution in [3.05, 3.63) is 0 Å². The number of nitrogens with one attached hydrogen (secondary N) is 1. The molecule has 56 heavy (non-hydrogen) atoms. The van der Waals surface area contributed by atoms with E-state index in [2.05, 4.69) is 9.84 Å². The molecule has 0 aromatic carbocycles. The van der Waals surface area contributed by atoms with Crippen molar-refractivity contribution in [2.75, 3.05) is 132 Å². The molecule has 7 atom stereocenters. The van der Waals surface area contributed by atoms with Crippen molar-refractivity contribution < 1.29 is 95.9 Å². The molecule has 0 spiro atoms. The average molecular weight is 831 g/mol. The molecule has 24 heteroatoms. The van der Waals surface area contributed by atoms with Gasteiger partial charge in [-0.25, -0.2) is 4.57 Å². The maximum atomic E-state index is 11.9. The largest absolute Gasteiger partial charge is 0.469 e. The Kier molecular flexibility index (Phi) is 22.9. The number of amides is 3. The Bertz CT molecular complexity index is 1210. The molecule has 1 saturated carbocycles. The van der Waals surface area contributed by atoms with E-state index in [9.17, 15) is 34.3 Å². The SMILES string of the molecule is [B]C1CC(=O)N(CCC(=O)NCCOCCOCCOCCOCCOCCOCCOCCOCCOC2OC3(O)C(COP(=O)(O)O)C(O)C(O)C23)C1=O. The highest BCUT2D eigenvalue weighted by Gasteiger charge is 2.71. The fourth-order valence-electron chi connectivity index (χ4n) is 5.80. The minimum absolute atomic E-state index is 0.0113. The fraction of sp³-hybridized carbons (Fsp3) is 0.906. The number of aliphatic hydroxyl groups excluding tert-OH is 2. The summed E-state index contributed by atoms with van der Waals surface area (Å²) in [6.45, 7) is 5.44. The van der Waals surface area contributed by atoms with Crippen LogP contribution in [-0.2, 0) is 70.8 Å². The Hall–Kier alpha value is -1.74. The molecule has 0 aromatic rings.